The van der Waals surface area contributed by atoms with Crippen molar-refractivity contribution < 1.29 is 9.25 Å². The van der Waals surface area contributed by atoms with Crippen molar-refractivity contribution in [1.29, 1.82) is 0 Å². The molecule has 1 fully saturated rings. The minimum atomic E-state index is -0.124. The molecule has 1 spiro atoms. The number of pyridine rings is 1. The van der Waals surface area contributed by atoms with E-state index in [0.29, 0.717) is 11.3 Å². The summed E-state index contributed by atoms with van der Waals surface area (Å²) in [5.41, 5.74) is 10.9. The van der Waals surface area contributed by atoms with Gasteiger partial charge >= 0.3 is 0 Å². The molecule has 0 radical (unpaired) electrons. The Kier molecular flexibility index (Phi) is 2.40. The third-order valence-electron chi connectivity index (χ3n) is 4.83. The monoisotopic (exact) mass is 309 g/mol. The molecule has 7 heteroatoms. The highest BCUT2D eigenvalue weighted by atomic mass is 16.7. The first kappa shape index (κ1) is 12.7. The molecule has 0 saturated heterocycles. The van der Waals surface area contributed by atoms with Crippen LogP contribution in [0.4, 0.5) is 5.69 Å². The molecule has 7 nitrogen and oxygen atoms in total. The first-order valence-electron chi connectivity index (χ1n) is 7.66. The Morgan fingerprint density at radius 2 is 2.22 bits per heavy atom. The summed E-state index contributed by atoms with van der Waals surface area (Å²) in [7, 11) is 0. The Balaban J connectivity index is 1.72. The summed E-state index contributed by atoms with van der Waals surface area (Å²) in [6.45, 7) is 0. The average molecular weight is 309 g/mol. The van der Waals surface area contributed by atoms with Gasteiger partial charge in [0.05, 0.1) is 41.2 Å². The molecule has 0 amide bonds. The zero-order valence-electron chi connectivity index (χ0n) is 12.4. The van der Waals surface area contributed by atoms with Gasteiger partial charge in [-0.05, 0) is 25.3 Å². The topological polar surface area (TPSA) is 102 Å². The molecule has 3 aromatic rings. The minimum absolute atomic E-state index is 0.124. The minimum Gasteiger partial charge on any atom is -0.472 e. The number of nitrogens with one attached hydrogen (secondary N) is 1. The largest absolute Gasteiger partial charge is 0.472 e. The third-order valence-corrected chi connectivity index (χ3v) is 4.83. The second-order valence-corrected chi connectivity index (χ2v) is 6.24. The van der Waals surface area contributed by atoms with Crippen LogP contribution in [0, 0.1) is 0 Å². The summed E-state index contributed by atoms with van der Waals surface area (Å²) in [6.07, 6.45) is 9.01. The summed E-state index contributed by atoms with van der Waals surface area (Å²) in [4.78, 5) is 10.4. The number of hydrogen-bond acceptors (Lipinski definition) is 6. The lowest BCUT2D eigenvalue weighted by atomic mass is 9.76. The molecule has 0 unspecified atom stereocenters. The molecule has 5 rings (SSSR count). The van der Waals surface area contributed by atoms with Gasteiger partial charge in [-0.3, -0.25) is 5.10 Å². The fraction of sp³-hybridized carbons (Fsp3) is 0.312. The van der Waals surface area contributed by atoms with Crippen LogP contribution in [-0.2, 0) is 4.84 Å². The van der Waals surface area contributed by atoms with Crippen molar-refractivity contribution in [3.63, 3.8) is 0 Å². The van der Waals surface area contributed by atoms with Crippen LogP contribution in [0.5, 0.6) is 0 Å². The van der Waals surface area contributed by atoms with Gasteiger partial charge in [-0.25, -0.2) is 4.98 Å². The summed E-state index contributed by atoms with van der Waals surface area (Å²) in [5, 5.41) is 12.1. The van der Waals surface area contributed by atoms with E-state index in [9.17, 15) is 0 Å². The number of rotatable bonds is 2. The number of anilines is 1. The van der Waals surface area contributed by atoms with Crippen molar-refractivity contribution in [3.8, 4) is 11.3 Å². The number of oxime groups is 1. The Morgan fingerprint density at radius 3 is 2.91 bits per heavy atom. The molecule has 23 heavy (non-hydrogen) atoms. The van der Waals surface area contributed by atoms with Crippen molar-refractivity contribution in [3.05, 3.63) is 30.4 Å². The lowest BCUT2D eigenvalue weighted by Gasteiger charge is -2.34. The van der Waals surface area contributed by atoms with Crippen LogP contribution >= 0.6 is 0 Å². The van der Waals surface area contributed by atoms with Crippen LogP contribution in [0.25, 0.3) is 22.3 Å². The van der Waals surface area contributed by atoms with Crippen molar-refractivity contribution in [2.75, 3.05) is 5.73 Å². The Hall–Kier alpha value is -2.83. The second kappa shape index (κ2) is 4.34. The lowest BCUT2D eigenvalue weighted by Crippen LogP contribution is -2.37. The molecule has 4 heterocycles. The molecule has 3 N–H and O–H groups in total. The van der Waals surface area contributed by atoms with E-state index in [1.54, 1.807) is 18.7 Å². The summed E-state index contributed by atoms with van der Waals surface area (Å²) >= 11 is 0. The molecular weight excluding hydrogens is 294 g/mol. The summed E-state index contributed by atoms with van der Waals surface area (Å²) < 4.78 is 5.22. The Morgan fingerprint density at radius 1 is 1.30 bits per heavy atom. The maximum atomic E-state index is 6.43. The van der Waals surface area contributed by atoms with Gasteiger partial charge in [-0.1, -0.05) is 5.16 Å². The average Bonchev–Trinajstić information content (AvgIpc) is 3.26. The molecule has 2 aliphatic rings. The molecule has 0 bridgehead atoms. The number of nitrogens with two attached hydrogens (primary N) is 1. The number of furan rings is 1. The fourth-order valence-electron chi connectivity index (χ4n) is 3.39. The number of nitrogens with zero attached hydrogens (tertiary/aromatic N) is 3. The first-order valence-corrected chi connectivity index (χ1v) is 7.66. The number of aromatic amines is 1. The van der Waals surface area contributed by atoms with E-state index in [2.05, 4.69) is 20.3 Å². The Bertz CT molecular complexity index is 922. The van der Waals surface area contributed by atoms with Gasteiger partial charge in [0.1, 0.15) is 5.60 Å². The standard InChI is InChI=1S/C16H15N5O2/c17-13-10-7-18-20-15(10)19-14(9-2-5-22-8-9)12(13)11-6-16(23-21-11)3-1-4-16/h2,5,7-8H,1,3-4,6H2,(H3,17,18,19,20). The van der Waals surface area contributed by atoms with Crippen molar-refractivity contribution in [1.82, 2.24) is 15.2 Å². The van der Waals surface area contributed by atoms with Gasteiger partial charge in [0, 0.05) is 17.5 Å². The number of hydrogen-bond donors (Lipinski definition) is 2. The fourth-order valence-corrected chi connectivity index (χ4v) is 3.39. The van der Waals surface area contributed by atoms with Crippen LogP contribution in [0.15, 0.2) is 34.4 Å². The van der Waals surface area contributed by atoms with Gasteiger partial charge < -0.3 is 15.0 Å². The van der Waals surface area contributed by atoms with Gasteiger partial charge in [0.25, 0.3) is 0 Å². The Labute approximate surface area is 131 Å². The predicted molar refractivity (Wildman–Crippen MR) is 84.8 cm³/mol. The van der Waals surface area contributed by atoms with E-state index in [1.165, 1.54) is 6.42 Å². The molecule has 116 valence electrons. The van der Waals surface area contributed by atoms with Gasteiger partial charge in [-0.15, -0.1) is 0 Å². The van der Waals surface area contributed by atoms with E-state index in [-0.39, 0.29) is 5.60 Å². The zero-order valence-corrected chi connectivity index (χ0v) is 12.4. The highest BCUT2D eigenvalue weighted by molar-refractivity contribution is 6.14. The van der Waals surface area contributed by atoms with E-state index in [1.807, 2.05) is 6.07 Å². The van der Waals surface area contributed by atoms with Crippen molar-refractivity contribution in [2.45, 2.75) is 31.3 Å². The van der Waals surface area contributed by atoms with Crippen LogP contribution in [0.3, 0.4) is 0 Å². The smallest absolute Gasteiger partial charge is 0.157 e. The van der Waals surface area contributed by atoms with Crippen LogP contribution in [0.2, 0.25) is 0 Å². The first-order chi connectivity index (χ1) is 11.3. The van der Waals surface area contributed by atoms with E-state index in [4.69, 9.17) is 15.0 Å². The molecule has 3 aromatic heterocycles. The third kappa shape index (κ3) is 1.73. The van der Waals surface area contributed by atoms with Crippen molar-refractivity contribution >= 4 is 22.4 Å². The maximum Gasteiger partial charge on any atom is 0.157 e. The van der Waals surface area contributed by atoms with Gasteiger partial charge in [0.2, 0.25) is 0 Å². The molecular formula is C16H15N5O2. The van der Waals surface area contributed by atoms with Crippen LogP contribution < -0.4 is 5.73 Å². The number of fused-ring (bicyclic) bond motifs is 1. The van der Waals surface area contributed by atoms with E-state index >= 15 is 0 Å². The molecule has 1 saturated carbocycles. The number of H-pyrrole nitrogens is 1. The lowest BCUT2D eigenvalue weighted by molar-refractivity contribution is -0.0755. The van der Waals surface area contributed by atoms with Crippen LogP contribution in [-0.4, -0.2) is 26.5 Å². The van der Waals surface area contributed by atoms with Gasteiger partial charge in [-0.2, -0.15) is 5.10 Å². The van der Waals surface area contributed by atoms with Crippen molar-refractivity contribution in [2.24, 2.45) is 5.16 Å². The molecule has 0 aromatic carbocycles. The van der Waals surface area contributed by atoms with E-state index in [0.717, 1.165) is 47.2 Å². The normalized spacial score (nSPS) is 18.9. The number of nitrogen functional groups attached to an aromatic ring is 1. The highest BCUT2D eigenvalue weighted by Gasteiger charge is 2.45. The summed E-state index contributed by atoms with van der Waals surface area (Å²) in [6, 6.07) is 1.86. The number of aromatic nitrogens is 3. The maximum absolute atomic E-state index is 6.43. The second-order valence-electron chi connectivity index (χ2n) is 6.24. The van der Waals surface area contributed by atoms with Gasteiger partial charge in [0.15, 0.2) is 5.65 Å². The molecule has 1 aliphatic heterocycles. The predicted octanol–water partition coefficient (Wildman–Crippen LogP) is 2.85. The highest BCUT2D eigenvalue weighted by Crippen LogP contribution is 2.45. The summed E-state index contributed by atoms with van der Waals surface area (Å²) in [5.74, 6) is 0. The quantitative estimate of drug-likeness (QED) is 0.757. The van der Waals surface area contributed by atoms with Crippen LogP contribution in [0.1, 0.15) is 31.2 Å². The van der Waals surface area contributed by atoms with E-state index < -0.39 is 0 Å². The molecule has 1 aliphatic carbocycles. The zero-order chi connectivity index (χ0) is 15.4. The SMILES string of the molecule is Nc1c(C2=NOC3(CCC3)C2)c(-c2ccoc2)nc2[nH]ncc12. The molecule has 0 atom stereocenters.